The van der Waals surface area contributed by atoms with Gasteiger partial charge in [-0.05, 0) is 12.8 Å². The number of hydrogen-bond donors (Lipinski definition) is 2. The summed E-state index contributed by atoms with van der Waals surface area (Å²) in [5.74, 6) is 0. The van der Waals surface area contributed by atoms with Crippen LogP contribution in [0.15, 0.2) is 0 Å². The molecule has 0 bridgehead atoms. The first-order chi connectivity index (χ1) is 12.3. The van der Waals surface area contributed by atoms with Crippen LogP contribution in [0.4, 0.5) is 0 Å². The molecule has 0 heterocycles. The highest BCUT2D eigenvalue weighted by atomic mass is 16.3. The van der Waals surface area contributed by atoms with E-state index < -0.39 is 0 Å². The Bertz CT molecular complexity index is 242. The maximum absolute atomic E-state index is 9.34. The lowest BCUT2D eigenvalue weighted by molar-refractivity contribution is 0.109. The van der Waals surface area contributed by atoms with E-state index in [0.717, 1.165) is 0 Å². The van der Waals surface area contributed by atoms with E-state index in [1.807, 2.05) is 0 Å². The Balaban J connectivity index is 4.05. The summed E-state index contributed by atoms with van der Waals surface area (Å²) < 4.78 is 0. The summed E-state index contributed by atoms with van der Waals surface area (Å²) in [6.07, 6.45) is 19.9. The molecule has 0 fully saturated rings. The average Bonchev–Trinajstić information content (AvgIpc) is 2.62. The summed E-state index contributed by atoms with van der Waals surface area (Å²) >= 11 is 0. The third-order valence-corrected chi connectivity index (χ3v) is 5.32. The summed E-state index contributed by atoms with van der Waals surface area (Å²) in [7, 11) is 0. The van der Waals surface area contributed by atoms with E-state index in [1.54, 1.807) is 0 Å². The second-order valence-corrected chi connectivity index (χ2v) is 7.60. The second kappa shape index (κ2) is 20.2. The van der Waals surface area contributed by atoms with Crippen LogP contribution in [0.3, 0.4) is 0 Å². The van der Waals surface area contributed by atoms with Crippen LogP contribution in [-0.4, -0.2) is 47.5 Å². The molecule has 0 aromatic carbocycles. The van der Waals surface area contributed by atoms with Crippen molar-refractivity contribution in [2.45, 2.75) is 116 Å². The van der Waals surface area contributed by atoms with Gasteiger partial charge in [0.2, 0.25) is 0 Å². The maximum Gasteiger partial charge on any atom is 0.0558 e. The summed E-state index contributed by atoms with van der Waals surface area (Å²) in [5, 5.41) is 18.7. The molecule has 0 aliphatic heterocycles. The van der Waals surface area contributed by atoms with Crippen LogP contribution in [0.25, 0.3) is 0 Å². The van der Waals surface area contributed by atoms with Crippen molar-refractivity contribution in [3.05, 3.63) is 0 Å². The smallest absolute Gasteiger partial charge is 0.0558 e. The number of aliphatic hydroxyl groups is 2. The van der Waals surface area contributed by atoms with Crippen LogP contribution in [0.2, 0.25) is 0 Å². The summed E-state index contributed by atoms with van der Waals surface area (Å²) in [6, 6.07) is 0.543. The van der Waals surface area contributed by atoms with E-state index in [4.69, 9.17) is 0 Å². The topological polar surface area (TPSA) is 43.7 Å². The van der Waals surface area contributed by atoms with E-state index in [-0.39, 0.29) is 13.2 Å². The molecule has 1 atom stereocenters. The Hall–Kier alpha value is -0.120. The fraction of sp³-hybridized carbons (Fsp3) is 1.00. The lowest BCUT2D eigenvalue weighted by atomic mass is 9.98. The predicted octanol–water partition coefficient (Wildman–Crippen LogP) is 5.53. The van der Waals surface area contributed by atoms with Crippen molar-refractivity contribution in [1.82, 2.24) is 4.90 Å². The fourth-order valence-electron chi connectivity index (χ4n) is 3.74. The number of unbranched alkanes of at least 4 members (excludes halogenated alkanes) is 11. The zero-order valence-electron chi connectivity index (χ0n) is 17.4. The van der Waals surface area contributed by atoms with Crippen molar-refractivity contribution in [2.75, 3.05) is 26.3 Å². The molecule has 152 valence electrons. The van der Waals surface area contributed by atoms with Gasteiger partial charge in [-0.3, -0.25) is 4.90 Å². The van der Waals surface area contributed by atoms with E-state index in [0.29, 0.717) is 19.1 Å². The van der Waals surface area contributed by atoms with E-state index in [9.17, 15) is 10.2 Å². The molecule has 0 aromatic heterocycles. The van der Waals surface area contributed by atoms with Crippen molar-refractivity contribution in [2.24, 2.45) is 0 Å². The first-order valence-electron chi connectivity index (χ1n) is 11.3. The van der Waals surface area contributed by atoms with E-state index in [2.05, 4.69) is 18.7 Å². The first-order valence-corrected chi connectivity index (χ1v) is 11.3. The molecule has 0 aliphatic rings. The standard InChI is InChI=1S/C22H47NO2/c1-3-5-7-9-10-11-13-15-17-22(16-14-12-8-6-4-2)23(18-20-24)19-21-25/h22,24-25H,3-21H2,1-2H3. The van der Waals surface area contributed by atoms with Gasteiger partial charge in [0.1, 0.15) is 0 Å². The van der Waals surface area contributed by atoms with Gasteiger partial charge < -0.3 is 10.2 Å². The normalized spacial score (nSPS) is 12.8. The van der Waals surface area contributed by atoms with Crippen LogP contribution in [0.1, 0.15) is 110 Å². The lowest BCUT2D eigenvalue weighted by Gasteiger charge is -2.31. The molecule has 0 radical (unpaired) electrons. The number of nitrogens with zero attached hydrogens (tertiary/aromatic N) is 1. The Morgan fingerprint density at radius 3 is 1.28 bits per heavy atom. The van der Waals surface area contributed by atoms with Gasteiger partial charge in [0, 0.05) is 19.1 Å². The van der Waals surface area contributed by atoms with Crippen LogP contribution in [0, 0.1) is 0 Å². The number of rotatable bonds is 20. The molecule has 3 nitrogen and oxygen atoms in total. The molecule has 3 heteroatoms. The summed E-state index contributed by atoms with van der Waals surface area (Å²) in [5.41, 5.74) is 0. The largest absolute Gasteiger partial charge is 0.395 e. The molecule has 0 saturated carbocycles. The van der Waals surface area contributed by atoms with Gasteiger partial charge in [-0.1, -0.05) is 97.3 Å². The maximum atomic E-state index is 9.34. The molecule has 0 spiro atoms. The molecule has 2 N–H and O–H groups in total. The minimum atomic E-state index is 0.198. The van der Waals surface area contributed by atoms with Gasteiger partial charge in [-0.25, -0.2) is 0 Å². The molecule has 0 rings (SSSR count). The highest BCUT2D eigenvalue weighted by molar-refractivity contribution is 4.72. The van der Waals surface area contributed by atoms with E-state index >= 15 is 0 Å². The highest BCUT2D eigenvalue weighted by Gasteiger charge is 2.17. The Morgan fingerprint density at radius 2 is 0.920 bits per heavy atom. The third-order valence-electron chi connectivity index (χ3n) is 5.32. The second-order valence-electron chi connectivity index (χ2n) is 7.60. The third kappa shape index (κ3) is 15.8. The summed E-state index contributed by atoms with van der Waals surface area (Å²) in [6.45, 7) is 6.34. The number of hydrogen-bond acceptors (Lipinski definition) is 3. The van der Waals surface area contributed by atoms with Crippen molar-refractivity contribution >= 4 is 0 Å². The van der Waals surface area contributed by atoms with Crippen molar-refractivity contribution in [3.63, 3.8) is 0 Å². The van der Waals surface area contributed by atoms with Crippen molar-refractivity contribution in [1.29, 1.82) is 0 Å². The quantitative estimate of drug-likeness (QED) is 0.281. The lowest BCUT2D eigenvalue weighted by Crippen LogP contribution is -2.39. The van der Waals surface area contributed by atoms with Gasteiger partial charge in [0.25, 0.3) is 0 Å². The molecule has 0 saturated heterocycles. The Morgan fingerprint density at radius 1 is 0.560 bits per heavy atom. The molecule has 25 heavy (non-hydrogen) atoms. The molecular weight excluding hydrogens is 310 g/mol. The van der Waals surface area contributed by atoms with Crippen LogP contribution < -0.4 is 0 Å². The van der Waals surface area contributed by atoms with Gasteiger partial charge in [0.05, 0.1) is 13.2 Å². The van der Waals surface area contributed by atoms with Crippen LogP contribution in [0.5, 0.6) is 0 Å². The molecule has 0 aromatic rings. The molecular formula is C22H47NO2. The van der Waals surface area contributed by atoms with Gasteiger partial charge in [-0.15, -0.1) is 0 Å². The summed E-state index contributed by atoms with van der Waals surface area (Å²) in [4.78, 5) is 2.32. The minimum Gasteiger partial charge on any atom is -0.395 e. The Labute approximate surface area is 158 Å². The monoisotopic (exact) mass is 357 g/mol. The SMILES string of the molecule is CCCCCCCCCCC(CCCCCCC)N(CCO)CCO. The van der Waals surface area contributed by atoms with E-state index in [1.165, 1.54) is 96.3 Å². The first kappa shape index (κ1) is 24.9. The molecule has 1 unspecified atom stereocenters. The average molecular weight is 358 g/mol. The fourth-order valence-corrected chi connectivity index (χ4v) is 3.74. The zero-order valence-corrected chi connectivity index (χ0v) is 17.4. The van der Waals surface area contributed by atoms with Crippen LogP contribution in [-0.2, 0) is 0 Å². The predicted molar refractivity (Wildman–Crippen MR) is 110 cm³/mol. The molecule has 0 aliphatic carbocycles. The zero-order chi connectivity index (χ0) is 18.6. The minimum absolute atomic E-state index is 0.198. The van der Waals surface area contributed by atoms with Crippen molar-refractivity contribution < 1.29 is 10.2 Å². The molecule has 0 amide bonds. The van der Waals surface area contributed by atoms with Gasteiger partial charge >= 0.3 is 0 Å². The Kier molecular flexibility index (Phi) is 20.1. The van der Waals surface area contributed by atoms with Crippen LogP contribution >= 0.6 is 0 Å². The van der Waals surface area contributed by atoms with Gasteiger partial charge in [0.15, 0.2) is 0 Å². The van der Waals surface area contributed by atoms with Gasteiger partial charge in [-0.2, -0.15) is 0 Å². The van der Waals surface area contributed by atoms with Crippen molar-refractivity contribution in [3.8, 4) is 0 Å². The highest BCUT2D eigenvalue weighted by Crippen LogP contribution is 2.18. The number of aliphatic hydroxyl groups excluding tert-OH is 2.